The fraction of sp³-hybridized carbons (Fsp3) is 0.571. The fourth-order valence-corrected chi connectivity index (χ4v) is 2.76. The minimum absolute atomic E-state index is 0.138. The average Bonchev–Trinajstić information content (AvgIpc) is 2.30. The Morgan fingerprint density at radius 2 is 2.33 bits per heavy atom. The molecular weight excluding hydrogens is 248 g/mol. The molecule has 2 atom stereocenters. The number of para-hydroxylation sites is 1. The van der Waals surface area contributed by atoms with Crippen LogP contribution >= 0.6 is 11.6 Å². The second-order valence-corrected chi connectivity index (χ2v) is 5.45. The van der Waals surface area contributed by atoms with E-state index in [2.05, 4.69) is 17.9 Å². The smallest absolute Gasteiger partial charge is 0.0668 e. The molecular formula is C14H21ClN2O. The van der Waals surface area contributed by atoms with Crippen LogP contribution in [0.4, 0.5) is 5.69 Å². The van der Waals surface area contributed by atoms with Crippen LogP contribution in [-0.4, -0.2) is 31.8 Å². The van der Waals surface area contributed by atoms with E-state index in [0.717, 1.165) is 36.9 Å². The molecule has 1 aromatic rings. The minimum Gasteiger partial charge on any atom is -0.377 e. The molecule has 1 saturated heterocycles. The van der Waals surface area contributed by atoms with Crippen LogP contribution in [0.2, 0.25) is 5.02 Å². The highest BCUT2D eigenvalue weighted by molar-refractivity contribution is 6.33. The van der Waals surface area contributed by atoms with Gasteiger partial charge in [0, 0.05) is 18.6 Å². The maximum atomic E-state index is 6.39. The second-order valence-electron chi connectivity index (χ2n) is 5.05. The quantitative estimate of drug-likeness (QED) is 0.915. The molecule has 0 radical (unpaired) electrons. The van der Waals surface area contributed by atoms with Crippen LogP contribution in [0, 0.1) is 0 Å². The normalized spacial score (nSPS) is 22.0. The number of halogens is 1. The van der Waals surface area contributed by atoms with E-state index in [1.807, 2.05) is 19.1 Å². The van der Waals surface area contributed by atoms with Gasteiger partial charge in [0.25, 0.3) is 0 Å². The molecule has 1 fully saturated rings. The zero-order valence-corrected chi connectivity index (χ0v) is 11.8. The molecule has 100 valence electrons. The molecule has 0 amide bonds. The monoisotopic (exact) mass is 268 g/mol. The van der Waals surface area contributed by atoms with Gasteiger partial charge in [-0.1, -0.05) is 23.7 Å². The van der Waals surface area contributed by atoms with Crippen molar-refractivity contribution in [2.75, 3.05) is 24.7 Å². The fourth-order valence-electron chi connectivity index (χ4n) is 2.45. The van der Waals surface area contributed by atoms with E-state index >= 15 is 0 Å². The first-order valence-electron chi connectivity index (χ1n) is 6.47. The molecule has 3 nitrogen and oxygen atoms in total. The predicted molar refractivity (Wildman–Crippen MR) is 76.4 cm³/mol. The Labute approximate surface area is 114 Å². The van der Waals surface area contributed by atoms with Crippen molar-refractivity contribution in [1.29, 1.82) is 0 Å². The number of benzene rings is 1. The zero-order valence-electron chi connectivity index (χ0n) is 11.0. The Kier molecular flexibility index (Phi) is 4.49. The first-order chi connectivity index (χ1) is 8.59. The van der Waals surface area contributed by atoms with Crippen molar-refractivity contribution < 1.29 is 4.74 Å². The maximum Gasteiger partial charge on any atom is 0.0668 e. The van der Waals surface area contributed by atoms with Gasteiger partial charge in [0.1, 0.15) is 0 Å². The number of hydrogen-bond donors (Lipinski definition) is 1. The number of morpholine rings is 1. The van der Waals surface area contributed by atoms with E-state index in [9.17, 15) is 0 Å². The summed E-state index contributed by atoms with van der Waals surface area (Å²) in [5.74, 6) is 0. The third-order valence-electron chi connectivity index (χ3n) is 3.27. The average molecular weight is 269 g/mol. The van der Waals surface area contributed by atoms with Crippen molar-refractivity contribution in [2.24, 2.45) is 5.73 Å². The van der Waals surface area contributed by atoms with Gasteiger partial charge >= 0.3 is 0 Å². The molecule has 4 heteroatoms. The van der Waals surface area contributed by atoms with Gasteiger partial charge < -0.3 is 15.4 Å². The van der Waals surface area contributed by atoms with Crippen LogP contribution in [-0.2, 0) is 11.2 Å². The van der Waals surface area contributed by atoms with Gasteiger partial charge in [0.05, 0.1) is 23.9 Å². The van der Waals surface area contributed by atoms with Crippen molar-refractivity contribution in [3.05, 3.63) is 28.8 Å². The summed E-state index contributed by atoms with van der Waals surface area (Å²) in [5.41, 5.74) is 8.28. The molecule has 0 bridgehead atoms. The molecule has 0 aliphatic carbocycles. The van der Waals surface area contributed by atoms with Crippen molar-refractivity contribution in [1.82, 2.24) is 0 Å². The standard InChI is InChI=1S/C14H21ClN2O/c1-10(16)8-12-4-3-5-13(15)14(12)17-6-7-18-9-11(17)2/h3-5,10-11H,6-9,16H2,1-2H3. The Morgan fingerprint density at radius 3 is 3.00 bits per heavy atom. The van der Waals surface area contributed by atoms with Gasteiger partial charge in [-0.25, -0.2) is 0 Å². The lowest BCUT2D eigenvalue weighted by molar-refractivity contribution is 0.0989. The third kappa shape index (κ3) is 2.97. The molecule has 0 spiro atoms. The van der Waals surface area contributed by atoms with E-state index in [4.69, 9.17) is 22.1 Å². The first-order valence-corrected chi connectivity index (χ1v) is 6.84. The van der Waals surface area contributed by atoms with Gasteiger partial charge in [0.2, 0.25) is 0 Å². The number of hydrogen-bond acceptors (Lipinski definition) is 3. The Balaban J connectivity index is 2.34. The lowest BCUT2D eigenvalue weighted by Crippen LogP contribution is -2.44. The zero-order chi connectivity index (χ0) is 13.1. The van der Waals surface area contributed by atoms with Crippen molar-refractivity contribution in [3.63, 3.8) is 0 Å². The maximum absolute atomic E-state index is 6.39. The van der Waals surface area contributed by atoms with E-state index in [0.29, 0.717) is 6.04 Å². The number of anilines is 1. The molecule has 2 rings (SSSR count). The van der Waals surface area contributed by atoms with Crippen LogP contribution in [0.1, 0.15) is 19.4 Å². The van der Waals surface area contributed by atoms with Crippen LogP contribution in [0.15, 0.2) is 18.2 Å². The number of rotatable bonds is 3. The summed E-state index contributed by atoms with van der Waals surface area (Å²) < 4.78 is 5.48. The Morgan fingerprint density at radius 1 is 1.56 bits per heavy atom. The summed E-state index contributed by atoms with van der Waals surface area (Å²) in [7, 11) is 0. The summed E-state index contributed by atoms with van der Waals surface area (Å²) in [6, 6.07) is 6.55. The molecule has 1 aliphatic heterocycles. The predicted octanol–water partition coefficient (Wildman–Crippen LogP) is 2.45. The van der Waals surface area contributed by atoms with Crippen LogP contribution in [0.5, 0.6) is 0 Å². The largest absolute Gasteiger partial charge is 0.377 e. The molecule has 18 heavy (non-hydrogen) atoms. The number of nitrogens with two attached hydrogens (primary N) is 1. The SMILES string of the molecule is CC(N)Cc1cccc(Cl)c1N1CCOCC1C. The highest BCUT2D eigenvalue weighted by Crippen LogP contribution is 2.32. The molecule has 2 unspecified atom stereocenters. The van der Waals surface area contributed by atoms with Crippen LogP contribution in [0.3, 0.4) is 0 Å². The van der Waals surface area contributed by atoms with Crippen molar-refractivity contribution >= 4 is 17.3 Å². The Bertz CT molecular complexity index is 409. The van der Waals surface area contributed by atoms with E-state index in [1.54, 1.807) is 0 Å². The van der Waals surface area contributed by atoms with Gasteiger partial charge in [-0.05, 0) is 31.9 Å². The topological polar surface area (TPSA) is 38.5 Å². The number of ether oxygens (including phenoxy) is 1. The van der Waals surface area contributed by atoms with E-state index < -0.39 is 0 Å². The molecule has 0 aromatic heterocycles. The lowest BCUT2D eigenvalue weighted by atomic mass is 10.0. The van der Waals surface area contributed by atoms with Gasteiger partial charge in [-0.15, -0.1) is 0 Å². The van der Waals surface area contributed by atoms with Crippen molar-refractivity contribution in [3.8, 4) is 0 Å². The summed E-state index contributed by atoms with van der Waals surface area (Å²) >= 11 is 6.39. The highest BCUT2D eigenvalue weighted by Gasteiger charge is 2.23. The van der Waals surface area contributed by atoms with Crippen LogP contribution in [0.25, 0.3) is 0 Å². The summed E-state index contributed by atoms with van der Waals surface area (Å²) in [5, 5.41) is 0.807. The van der Waals surface area contributed by atoms with Gasteiger partial charge in [-0.2, -0.15) is 0 Å². The van der Waals surface area contributed by atoms with Crippen molar-refractivity contribution in [2.45, 2.75) is 32.4 Å². The Hall–Kier alpha value is -0.770. The lowest BCUT2D eigenvalue weighted by Gasteiger charge is -2.37. The summed E-state index contributed by atoms with van der Waals surface area (Å²) in [6.07, 6.45) is 0.847. The molecule has 0 saturated carbocycles. The third-order valence-corrected chi connectivity index (χ3v) is 3.57. The molecule has 1 aromatic carbocycles. The van der Waals surface area contributed by atoms with Crippen LogP contribution < -0.4 is 10.6 Å². The highest BCUT2D eigenvalue weighted by atomic mass is 35.5. The number of nitrogens with zero attached hydrogens (tertiary/aromatic N) is 1. The van der Waals surface area contributed by atoms with Gasteiger partial charge in [-0.3, -0.25) is 0 Å². The molecule has 1 aliphatic rings. The molecule has 1 heterocycles. The summed E-state index contributed by atoms with van der Waals surface area (Å²) in [6.45, 7) is 6.58. The molecule has 2 N–H and O–H groups in total. The second kappa shape index (κ2) is 5.91. The minimum atomic E-state index is 0.138. The van der Waals surface area contributed by atoms with E-state index in [1.165, 1.54) is 5.56 Å². The summed E-state index contributed by atoms with van der Waals surface area (Å²) in [4.78, 5) is 2.34. The van der Waals surface area contributed by atoms with E-state index in [-0.39, 0.29) is 6.04 Å². The van der Waals surface area contributed by atoms with Gasteiger partial charge in [0.15, 0.2) is 0 Å². The first kappa shape index (κ1) is 13.7.